The predicted molar refractivity (Wildman–Crippen MR) is 73.6 cm³/mol. The van der Waals surface area contributed by atoms with Crippen molar-refractivity contribution in [1.29, 1.82) is 0 Å². The number of benzene rings is 1. The molecule has 90 valence electrons. The average molecular weight is 304 g/mol. The van der Waals surface area contributed by atoms with Crippen LogP contribution >= 0.6 is 15.9 Å². The number of aromatic nitrogens is 1. The van der Waals surface area contributed by atoms with Gasteiger partial charge in [0.15, 0.2) is 0 Å². The number of carbonyl (C=O) groups excluding carboxylic acids is 1. The molecular formula is C14H10BrNO2. The molecule has 2 aromatic rings. The third kappa shape index (κ3) is 3.05. The highest BCUT2D eigenvalue weighted by Crippen LogP contribution is 2.15. The minimum atomic E-state index is -0.421. The Kier molecular flexibility index (Phi) is 4.25. The zero-order valence-corrected chi connectivity index (χ0v) is 11.0. The minimum Gasteiger partial charge on any atom is -0.423 e. The Morgan fingerprint density at radius 1 is 1.22 bits per heavy atom. The first kappa shape index (κ1) is 12.5. The van der Waals surface area contributed by atoms with Crippen LogP contribution in [-0.2, 0) is 0 Å². The fourth-order valence-corrected chi connectivity index (χ4v) is 1.72. The van der Waals surface area contributed by atoms with E-state index < -0.39 is 5.97 Å². The Bertz CT molecular complexity index is 567. The van der Waals surface area contributed by atoms with Crippen LogP contribution in [0.25, 0.3) is 6.08 Å². The van der Waals surface area contributed by atoms with Gasteiger partial charge in [0, 0.05) is 12.4 Å². The van der Waals surface area contributed by atoms with Gasteiger partial charge in [-0.2, -0.15) is 0 Å². The number of ether oxygens (including phenoxy) is 1. The highest BCUT2D eigenvalue weighted by atomic mass is 79.9. The maximum absolute atomic E-state index is 12.0. The van der Waals surface area contributed by atoms with Crippen molar-refractivity contribution in [3.63, 3.8) is 0 Å². The number of halogens is 1. The Morgan fingerprint density at radius 3 is 2.72 bits per heavy atom. The molecule has 0 atom stereocenters. The summed E-state index contributed by atoms with van der Waals surface area (Å²) in [6.45, 7) is 0. The summed E-state index contributed by atoms with van der Waals surface area (Å²) >= 11 is 3.18. The molecule has 0 aliphatic carbocycles. The first-order valence-corrected chi connectivity index (χ1v) is 6.21. The Labute approximate surface area is 113 Å². The van der Waals surface area contributed by atoms with Gasteiger partial charge in [0.2, 0.25) is 0 Å². The Morgan fingerprint density at radius 2 is 2.00 bits per heavy atom. The van der Waals surface area contributed by atoms with Gasteiger partial charge in [-0.15, -0.1) is 0 Å². The molecule has 0 spiro atoms. The average Bonchev–Trinajstić information content (AvgIpc) is 2.41. The summed E-state index contributed by atoms with van der Waals surface area (Å²) in [5.74, 6) is 0.0926. The SMILES string of the molecule is O=C(Oc1ccccc1)c1cnccc1/C=C/Br. The molecule has 0 N–H and O–H groups in total. The maximum atomic E-state index is 12.0. The van der Waals surface area contributed by atoms with Crippen molar-refractivity contribution < 1.29 is 9.53 Å². The lowest BCUT2D eigenvalue weighted by atomic mass is 10.1. The van der Waals surface area contributed by atoms with Gasteiger partial charge < -0.3 is 4.74 Å². The molecule has 0 saturated carbocycles. The number of rotatable bonds is 3. The highest BCUT2D eigenvalue weighted by molar-refractivity contribution is 9.11. The Hall–Kier alpha value is -1.94. The van der Waals surface area contributed by atoms with Crippen molar-refractivity contribution in [2.75, 3.05) is 0 Å². The molecule has 1 heterocycles. The summed E-state index contributed by atoms with van der Waals surface area (Å²) in [5.41, 5.74) is 1.18. The van der Waals surface area contributed by atoms with Gasteiger partial charge in [0.05, 0.1) is 5.56 Å². The molecule has 0 amide bonds. The molecule has 18 heavy (non-hydrogen) atoms. The number of nitrogens with zero attached hydrogens (tertiary/aromatic N) is 1. The molecule has 0 bridgehead atoms. The van der Waals surface area contributed by atoms with E-state index in [1.165, 1.54) is 6.20 Å². The van der Waals surface area contributed by atoms with Gasteiger partial charge in [0.25, 0.3) is 0 Å². The van der Waals surface area contributed by atoms with Crippen LogP contribution in [0.2, 0.25) is 0 Å². The zero-order chi connectivity index (χ0) is 12.8. The molecule has 1 aromatic heterocycles. The Balaban J connectivity index is 2.24. The van der Waals surface area contributed by atoms with Crippen LogP contribution in [0.4, 0.5) is 0 Å². The van der Waals surface area contributed by atoms with Crippen molar-refractivity contribution in [2.24, 2.45) is 0 Å². The summed E-state index contributed by atoms with van der Waals surface area (Å²) in [5, 5.41) is 0. The number of para-hydroxylation sites is 1. The first-order valence-electron chi connectivity index (χ1n) is 5.29. The number of carbonyl (C=O) groups is 1. The van der Waals surface area contributed by atoms with Crippen LogP contribution in [-0.4, -0.2) is 11.0 Å². The van der Waals surface area contributed by atoms with E-state index in [4.69, 9.17) is 4.74 Å². The smallest absolute Gasteiger partial charge is 0.345 e. The standard InChI is InChI=1S/C14H10BrNO2/c15-8-6-11-7-9-16-10-13(11)14(17)18-12-4-2-1-3-5-12/h1-10H/b8-6+. The van der Waals surface area contributed by atoms with E-state index in [-0.39, 0.29) is 0 Å². The number of pyridine rings is 1. The monoisotopic (exact) mass is 303 g/mol. The zero-order valence-electron chi connectivity index (χ0n) is 9.42. The molecule has 4 heteroatoms. The van der Waals surface area contributed by atoms with E-state index in [9.17, 15) is 4.79 Å². The van der Waals surface area contributed by atoms with E-state index >= 15 is 0 Å². The summed E-state index contributed by atoms with van der Waals surface area (Å²) < 4.78 is 5.26. The lowest BCUT2D eigenvalue weighted by Crippen LogP contribution is -2.10. The van der Waals surface area contributed by atoms with E-state index in [2.05, 4.69) is 20.9 Å². The normalized spacial score (nSPS) is 10.5. The van der Waals surface area contributed by atoms with Crippen molar-refractivity contribution >= 4 is 28.0 Å². The van der Waals surface area contributed by atoms with Crippen molar-refractivity contribution in [2.45, 2.75) is 0 Å². The maximum Gasteiger partial charge on any atom is 0.345 e. The van der Waals surface area contributed by atoms with Crippen molar-refractivity contribution in [3.8, 4) is 5.75 Å². The van der Waals surface area contributed by atoms with Crippen LogP contribution < -0.4 is 4.74 Å². The van der Waals surface area contributed by atoms with E-state index in [1.54, 1.807) is 35.5 Å². The van der Waals surface area contributed by atoms with Gasteiger partial charge in [0.1, 0.15) is 5.75 Å². The van der Waals surface area contributed by atoms with E-state index in [1.807, 2.05) is 18.2 Å². The third-order valence-electron chi connectivity index (χ3n) is 2.27. The summed E-state index contributed by atoms with van der Waals surface area (Å²) in [4.78, 5) is 17.6. The molecule has 0 aliphatic heterocycles. The number of esters is 1. The lowest BCUT2D eigenvalue weighted by molar-refractivity contribution is 0.0734. The van der Waals surface area contributed by atoms with Crippen LogP contribution in [0.5, 0.6) is 5.75 Å². The second kappa shape index (κ2) is 6.12. The molecule has 0 saturated heterocycles. The van der Waals surface area contributed by atoms with Gasteiger partial charge in [-0.25, -0.2) is 4.79 Å². The molecular weight excluding hydrogens is 294 g/mol. The third-order valence-corrected chi connectivity index (χ3v) is 2.54. The molecule has 2 rings (SSSR count). The van der Waals surface area contributed by atoms with Crippen LogP contribution in [0.3, 0.4) is 0 Å². The molecule has 1 aromatic carbocycles. The fraction of sp³-hybridized carbons (Fsp3) is 0. The highest BCUT2D eigenvalue weighted by Gasteiger charge is 2.12. The second-order valence-electron chi connectivity index (χ2n) is 3.46. The minimum absolute atomic E-state index is 0.421. The van der Waals surface area contributed by atoms with E-state index in [0.29, 0.717) is 11.3 Å². The molecule has 3 nitrogen and oxygen atoms in total. The molecule has 0 radical (unpaired) electrons. The van der Waals surface area contributed by atoms with Crippen LogP contribution in [0.15, 0.2) is 53.8 Å². The fourth-order valence-electron chi connectivity index (χ4n) is 1.44. The largest absolute Gasteiger partial charge is 0.423 e. The quantitative estimate of drug-likeness (QED) is 0.641. The molecule has 0 unspecified atom stereocenters. The van der Waals surface area contributed by atoms with Gasteiger partial charge in [-0.1, -0.05) is 34.1 Å². The summed E-state index contributed by atoms with van der Waals surface area (Å²) in [7, 11) is 0. The number of hydrogen-bond acceptors (Lipinski definition) is 3. The van der Waals surface area contributed by atoms with Crippen molar-refractivity contribution in [1.82, 2.24) is 4.98 Å². The number of hydrogen-bond donors (Lipinski definition) is 0. The lowest BCUT2D eigenvalue weighted by Gasteiger charge is -2.05. The van der Waals surface area contributed by atoms with Crippen LogP contribution in [0, 0.1) is 0 Å². The first-order chi connectivity index (χ1) is 8.81. The van der Waals surface area contributed by atoms with E-state index in [0.717, 1.165) is 5.56 Å². The topological polar surface area (TPSA) is 39.2 Å². The summed E-state index contributed by atoms with van der Waals surface area (Å²) in [6, 6.07) is 10.7. The molecule has 0 aliphatic rings. The van der Waals surface area contributed by atoms with Crippen molar-refractivity contribution in [3.05, 3.63) is 64.9 Å². The second-order valence-corrected chi connectivity index (χ2v) is 3.99. The predicted octanol–water partition coefficient (Wildman–Crippen LogP) is 3.67. The summed E-state index contributed by atoms with van der Waals surface area (Å²) in [6.07, 6.45) is 4.89. The molecule has 0 fully saturated rings. The van der Waals surface area contributed by atoms with Gasteiger partial charge >= 0.3 is 5.97 Å². The van der Waals surface area contributed by atoms with Gasteiger partial charge in [-0.3, -0.25) is 4.98 Å². The van der Waals surface area contributed by atoms with Gasteiger partial charge in [-0.05, 0) is 34.8 Å². The van der Waals surface area contributed by atoms with Crippen LogP contribution in [0.1, 0.15) is 15.9 Å².